The fraction of sp³-hybridized carbons (Fsp3) is 0.556. The van der Waals surface area contributed by atoms with E-state index in [0.29, 0.717) is 5.82 Å². The number of aromatic nitrogens is 2. The molecule has 2 heterocycles. The van der Waals surface area contributed by atoms with Crippen molar-refractivity contribution in [1.82, 2.24) is 9.97 Å². The van der Waals surface area contributed by atoms with Gasteiger partial charge in [-0.3, -0.25) is 4.79 Å². The largest absolute Gasteiger partial charge is 0.355 e. The summed E-state index contributed by atoms with van der Waals surface area (Å²) in [5, 5.41) is 0.160. The Labute approximate surface area is 92.3 Å². The van der Waals surface area contributed by atoms with E-state index in [9.17, 15) is 4.79 Å². The lowest BCUT2D eigenvalue weighted by atomic mass is 10.1. The van der Waals surface area contributed by atoms with Crippen molar-refractivity contribution in [3.8, 4) is 0 Å². The van der Waals surface area contributed by atoms with Crippen molar-refractivity contribution in [2.45, 2.75) is 18.9 Å². The van der Waals surface area contributed by atoms with Gasteiger partial charge in [0.15, 0.2) is 5.82 Å². The Morgan fingerprint density at radius 3 is 2.87 bits per heavy atom. The molecule has 1 saturated heterocycles. The minimum Gasteiger partial charge on any atom is -0.355 e. The van der Waals surface area contributed by atoms with Crippen molar-refractivity contribution in [2.75, 3.05) is 18.0 Å². The molecule has 2 rings (SSSR count). The van der Waals surface area contributed by atoms with E-state index in [1.807, 2.05) is 4.90 Å². The van der Waals surface area contributed by atoms with Gasteiger partial charge in [0.2, 0.25) is 0 Å². The van der Waals surface area contributed by atoms with Crippen LogP contribution >= 0.6 is 11.6 Å². The Kier molecular flexibility index (Phi) is 2.93. The van der Waals surface area contributed by atoms with Crippen LogP contribution in [0.3, 0.4) is 0 Å². The fourth-order valence-electron chi connectivity index (χ4n) is 1.71. The topological polar surface area (TPSA) is 75.0 Å². The molecule has 1 aromatic rings. The highest BCUT2D eigenvalue weighted by Crippen LogP contribution is 2.21. The zero-order valence-corrected chi connectivity index (χ0v) is 9.00. The number of nitrogens with two attached hydrogens (primary N) is 1. The average molecular weight is 229 g/mol. The van der Waals surface area contributed by atoms with Crippen molar-refractivity contribution in [2.24, 2.45) is 5.73 Å². The molecule has 0 atom stereocenters. The van der Waals surface area contributed by atoms with Gasteiger partial charge in [-0.25, -0.2) is 4.98 Å². The number of piperidine rings is 1. The van der Waals surface area contributed by atoms with Crippen LogP contribution in [-0.2, 0) is 0 Å². The highest BCUT2D eigenvalue weighted by molar-refractivity contribution is 6.32. The summed E-state index contributed by atoms with van der Waals surface area (Å²) >= 11 is 5.88. The van der Waals surface area contributed by atoms with Crippen LogP contribution in [0.1, 0.15) is 12.8 Å². The molecule has 0 amide bonds. The summed E-state index contributed by atoms with van der Waals surface area (Å²) in [5.74, 6) is 0.562. The van der Waals surface area contributed by atoms with Crippen LogP contribution < -0.4 is 16.2 Å². The molecule has 0 unspecified atom stereocenters. The number of aromatic amines is 1. The molecule has 82 valence electrons. The Balaban J connectivity index is 2.23. The zero-order chi connectivity index (χ0) is 10.8. The van der Waals surface area contributed by atoms with Crippen molar-refractivity contribution >= 4 is 17.4 Å². The SMILES string of the molecule is NC1CCN(c2nc[nH]c(=O)c2Cl)CC1. The second-order valence-corrected chi connectivity index (χ2v) is 4.07. The van der Waals surface area contributed by atoms with E-state index in [-0.39, 0.29) is 16.6 Å². The lowest BCUT2D eigenvalue weighted by Crippen LogP contribution is -2.40. The normalized spacial score (nSPS) is 18.1. The van der Waals surface area contributed by atoms with E-state index in [4.69, 9.17) is 17.3 Å². The van der Waals surface area contributed by atoms with Gasteiger partial charge < -0.3 is 15.6 Å². The van der Waals surface area contributed by atoms with Gasteiger partial charge in [0.05, 0.1) is 6.33 Å². The minimum atomic E-state index is -0.295. The van der Waals surface area contributed by atoms with E-state index in [1.54, 1.807) is 0 Å². The first-order valence-corrected chi connectivity index (χ1v) is 5.30. The summed E-state index contributed by atoms with van der Waals surface area (Å²) in [5.41, 5.74) is 5.50. The van der Waals surface area contributed by atoms with Gasteiger partial charge in [0, 0.05) is 19.1 Å². The number of H-pyrrole nitrogens is 1. The molecule has 0 aromatic carbocycles. The highest BCUT2D eigenvalue weighted by Gasteiger charge is 2.20. The van der Waals surface area contributed by atoms with Crippen LogP contribution in [0.2, 0.25) is 5.02 Å². The molecule has 0 radical (unpaired) electrons. The third-order valence-corrected chi connectivity index (χ3v) is 2.96. The van der Waals surface area contributed by atoms with Gasteiger partial charge >= 0.3 is 0 Å². The van der Waals surface area contributed by atoms with Crippen LogP contribution in [0.4, 0.5) is 5.82 Å². The lowest BCUT2D eigenvalue weighted by Gasteiger charge is -2.31. The monoisotopic (exact) mass is 228 g/mol. The molecule has 5 nitrogen and oxygen atoms in total. The number of rotatable bonds is 1. The molecule has 1 aromatic heterocycles. The van der Waals surface area contributed by atoms with Crippen LogP contribution in [0.5, 0.6) is 0 Å². The number of halogens is 1. The Morgan fingerprint density at radius 2 is 2.20 bits per heavy atom. The summed E-state index contributed by atoms with van der Waals surface area (Å²) < 4.78 is 0. The molecule has 0 spiro atoms. The smallest absolute Gasteiger partial charge is 0.271 e. The summed E-state index contributed by atoms with van der Waals surface area (Å²) in [7, 11) is 0. The second kappa shape index (κ2) is 4.20. The summed E-state index contributed by atoms with van der Waals surface area (Å²) in [6, 6.07) is 0.252. The first-order chi connectivity index (χ1) is 7.18. The minimum absolute atomic E-state index is 0.160. The maximum Gasteiger partial charge on any atom is 0.271 e. The van der Waals surface area contributed by atoms with E-state index in [1.165, 1.54) is 6.33 Å². The van der Waals surface area contributed by atoms with E-state index in [2.05, 4.69) is 9.97 Å². The molecule has 1 fully saturated rings. The Morgan fingerprint density at radius 1 is 1.53 bits per heavy atom. The Bertz CT molecular complexity index is 397. The first kappa shape index (κ1) is 10.4. The first-order valence-electron chi connectivity index (χ1n) is 4.92. The summed E-state index contributed by atoms with van der Waals surface area (Å²) in [6.45, 7) is 1.61. The fourth-order valence-corrected chi connectivity index (χ4v) is 1.93. The predicted molar refractivity (Wildman–Crippen MR) is 59.3 cm³/mol. The van der Waals surface area contributed by atoms with Crippen LogP contribution in [0.25, 0.3) is 0 Å². The molecular weight excluding hydrogens is 216 g/mol. The third kappa shape index (κ3) is 2.13. The maximum absolute atomic E-state index is 11.3. The van der Waals surface area contributed by atoms with Gasteiger partial charge in [-0.15, -0.1) is 0 Å². The Hall–Kier alpha value is -1.07. The van der Waals surface area contributed by atoms with Crippen LogP contribution in [0, 0.1) is 0 Å². The molecular formula is C9H13ClN4O. The number of nitrogens with one attached hydrogen (secondary N) is 1. The van der Waals surface area contributed by atoms with Crippen LogP contribution in [-0.4, -0.2) is 29.1 Å². The van der Waals surface area contributed by atoms with Gasteiger partial charge in [-0.05, 0) is 12.8 Å². The van der Waals surface area contributed by atoms with Crippen molar-refractivity contribution in [1.29, 1.82) is 0 Å². The van der Waals surface area contributed by atoms with Gasteiger partial charge in [-0.1, -0.05) is 11.6 Å². The number of hydrogen-bond acceptors (Lipinski definition) is 4. The predicted octanol–water partition coefficient (Wildman–Crippen LogP) is 0.351. The van der Waals surface area contributed by atoms with Crippen molar-refractivity contribution in [3.05, 3.63) is 21.7 Å². The summed E-state index contributed by atoms with van der Waals surface area (Å²) in [4.78, 5) is 19.8. The summed E-state index contributed by atoms with van der Waals surface area (Å²) in [6.07, 6.45) is 3.19. The second-order valence-electron chi connectivity index (χ2n) is 3.69. The zero-order valence-electron chi connectivity index (χ0n) is 8.24. The standard InChI is InChI=1S/C9H13ClN4O/c10-7-8(12-5-13-9(7)15)14-3-1-6(11)2-4-14/h5-6H,1-4,11H2,(H,12,13,15). The third-order valence-electron chi connectivity index (χ3n) is 2.62. The molecule has 0 bridgehead atoms. The van der Waals surface area contributed by atoms with E-state index < -0.39 is 0 Å². The van der Waals surface area contributed by atoms with Gasteiger partial charge in [0.1, 0.15) is 5.02 Å². The molecule has 1 aliphatic heterocycles. The van der Waals surface area contributed by atoms with E-state index >= 15 is 0 Å². The van der Waals surface area contributed by atoms with Crippen LogP contribution in [0.15, 0.2) is 11.1 Å². The molecule has 0 saturated carbocycles. The van der Waals surface area contributed by atoms with E-state index in [0.717, 1.165) is 25.9 Å². The molecule has 3 N–H and O–H groups in total. The molecule has 1 aliphatic rings. The highest BCUT2D eigenvalue weighted by atomic mass is 35.5. The van der Waals surface area contributed by atoms with Gasteiger partial charge in [0.25, 0.3) is 5.56 Å². The number of nitrogens with zero attached hydrogens (tertiary/aromatic N) is 2. The number of anilines is 1. The average Bonchev–Trinajstić information content (AvgIpc) is 2.24. The number of hydrogen-bond donors (Lipinski definition) is 2. The maximum atomic E-state index is 11.3. The van der Waals surface area contributed by atoms with Crippen molar-refractivity contribution < 1.29 is 0 Å². The quantitative estimate of drug-likeness (QED) is 0.728. The van der Waals surface area contributed by atoms with Gasteiger partial charge in [-0.2, -0.15) is 0 Å². The lowest BCUT2D eigenvalue weighted by molar-refractivity contribution is 0.498. The van der Waals surface area contributed by atoms with Crippen molar-refractivity contribution in [3.63, 3.8) is 0 Å². The molecule has 0 aliphatic carbocycles. The molecule has 6 heteroatoms. The molecule has 15 heavy (non-hydrogen) atoms.